The third-order valence-corrected chi connectivity index (χ3v) is 6.91. The van der Waals surface area contributed by atoms with Gasteiger partial charge < -0.3 is 19.8 Å². The second-order valence-electron chi connectivity index (χ2n) is 7.75. The Balaban J connectivity index is 1.52. The van der Waals surface area contributed by atoms with Crippen molar-refractivity contribution in [1.29, 1.82) is 0 Å². The van der Waals surface area contributed by atoms with E-state index >= 15 is 0 Å². The van der Waals surface area contributed by atoms with Crippen LogP contribution in [0.15, 0.2) is 18.5 Å². The van der Waals surface area contributed by atoms with E-state index in [1.165, 1.54) is 7.11 Å². The molecule has 4 rings (SSSR count). The fourth-order valence-corrected chi connectivity index (χ4v) is 4.98. The Hall–Kier alpha value is -2.21. The summed E-state index contributed by atoms with van der Waals surface area (Å²) in [5.74, 6) is 0.818. The first-order valence-corrected chi connectivity index (χ1v) is 11.8. The number of imidazole rings is 1. The van der Waals surface area contributed by atoms with Crippen molar-refractivity contribution in [2.45, 2.75) is 25.9 Å². The van der Waals surface area contributed by atoms with Crippen LogP contribution in [0.5, 0.6) is 0 Å². The van der Waals surface area contributed by atoms with E-state index in [1.54, 1.807) is 13.1 Å². The van der Waals surface area contributed by atoms with Gasteiger partial charge in [-0.1, -0.05) is 0 Å². The number of ether oxygens (including phenoxy) is 1. The maximum absolute atomic E-state index is 12.0. The predicted molar refractivity (Wildman–Crippen MR) is 114 cm³/mol. The normalized spacial score (nSPS) is 17.2. The molecule has 1 aliphatic rings. The standard InChI is InChI=1S/C19H28N6O4S/c1-13(26)19-23-16-12-21-18-15(3-6-20-18)17(16)25(19)24-7-4-14(5-8-24)11-22-30(27,28)10-9-29-2/h3,6,12-14,22,26H,4-5,7-11H2,1-2H3,(H,20,21)/t13-/m1/s1. The molecule has 0 saturated carbocycles. The highest BCUT2D eigenvalue weighted by Gasteiger charge is 2.26. The molecule has 11 heteroatoms. The monoisotopic (exact) mass is 436 g/mol. The highest BCUT2D eigenvalue weighted by atomic mass is 32.2. The molecular formula is C19H28N6O4S. The average molecular weight is 437 g/mol. The van der Waals surface area contributed by atoms with Crippen LogP contribution in [-0.4, -0.2) is 72.3 Å². The third kappa shape index (κ3) is 4.15. The first kappa shape index (κ1) is 21.0. The lowest BCUT2D eigenvalue weighted by Crippen LogP contribution is -2.45. The number of nitrogens with zero attached hydrogens (tertiary/aromatic N) is 4. The van der Waals surface area contributed by atoms with Gasteiger partial charge in [-0.05, 0) is 31.7 Å². The van der Waals surface area contributed by atoms with E-state index in [0.717, 1.165) is 48.0 Å². The number of methoxy groups -OCH3 is 1. The maximum atomic E-state index is 12.0. The molecular weight excluding hydrogens is 408 g/mol. The van der Waals surface area contributed by atoms with Crippen LogP contribution in [0.4, 0.5) is 0 Å². The van der Waals surface area contributed by atoms with Crippen molar-refractivity contribution < 1.29 is 18.3 Å². The summed E-state index contributed by atoms with van der Waals surface area (Å²) in [7, 11) is -1.82. The number of aromatic nitrogens is 4. The second-order valence-corrected chi connectivity index (χ2v) is 9.67. The Morgan fingerprint density at radius 3 is 2.87 bits per heavy atom. The van der Waals surface area contributed by atoms with Gasteiger partial charge in [0.1, 0.15) is 22.8 Å². The molecule has 10 nitrogen and oxygen atoms in total. The Morgan fingerprint density at radius 1 is 1.40 bits per heavy atom. The Kier molecular flexibility index (Phi) is 5.96. The van der Waals surface area contributed by atoms with Crippen LogP contribution < -0.4 is 9.73 Å². The zero-order valence-corrected chi connectivity index (χ0v) is 18.0. The smallest absolute Gasteiger partial charge is 0.213 e. The van der Waals surface area contributed by atoms with Gasteiger partial charge in [0.05, 0.1) is 18.6 Å². The molecule has 1 fully saturated rings. The minimum atomic E-state index is -3.31. The Morgan fingerprint density at radius 2 is 2.17 bits per heavy atom. The summed E-state index contributed by atoms with van der Waals surface area (Å²) in [6, 6.07) is 1.97. The van der Waals surface area contributed by atoms with Crippen LogP contribution in [0, 0.1) is 5.92 Å². The SMILES string of the molecule is COCCS(=O)(=O)NCC1CCN(n2c([C@@H](C)O)nc3cnc4[nH]ccc4c32)CC1. The molecule has 1 aliphatic heterocycles. The number of H-pyrrole nitrogens is 1. The number of sulfonamides is 1. The van der Waals surface area contributed by atoms with Gasteiger partial charge in [0.15, 0.2) is 5.82 Å². The summed E-state index contributed by atoms with van der Waals surface area (Å²) in [4.78, 5) is 12.2. The molecule has 4 heterocycles. The van der Waals surface area contributed by atoms with Gasteiger partial charge in [-0.2, -0.15) is 0 Å². The highest BCUT2D eigenvalue weighted by Crippen LogP contribution is 2.28. The molecule has 1 atom stereocenters. The summed E-state index contributed by atoms with van der Waals surface area (Å²) in [6.45, 7) is 3.81. The average Bonchev–Trinajstić information content (AvgIpc) is 3.35. The van der Waals surface area contributed by atoms with E-state index < -0.39 is 16.1 Å². The number of fused-ring (bicyclic) bond motifs is 3. The molecule has 3 aromatic rings. The van der Waals surface area contributed by atoms with Gasteiger partial charge in [0, 0.05) is 38.3 Å². The number of rotatable bonds is 8. The van der Waals surface area contributed by atoms with Crippen molar-refractivity contribution in [2.75, 3.05) is 44.1 Å². The summed E-state index contributed by atoms with van der Waals surface area (Å²) >= 11 is 0. The third-order valence-electron chi connectivity index (χ3n) is 5.60. The highest BCUT2D eigenvalue weighted by molar-refractivity contribution is 7.89. The molecule has 0 aliphatic carbocycles. The first-order valence-electron chi connectivity index (χ1n) is 10.1. The van der Waals surface area contributed by atoms with Crippen LogP contribution in [0.1, 0.15) is 31.7 Å². The molecule has 164 valence electrons. The minimum Gasteiger partial charge on any atom is -0.385 e. The van der Waals surface area contributed by atoms with E-state index in [1.807, 2.05) is 16.9 Å². The van der Waals surface area contributed by atoms with Crippen molar-refractivity contribution in [3.8, 4) is 0 Å². The lowest BCUT2D eigenvalue weighted by atomic mass is 9.98. The molecule has 0 bridgehead atoms. The van der Waals surface area contributed by atoms with E-state index in [0.29, 0.717) is 12.4 Å². The van der Waals surface area contributed by atoms with Crippen LogP contribution in [0.3, 0.4) is 0 Å². The minimum absolute atomic E-state index is 0.0260. The number of hydrogen-bond donors (Lipinski definition) is 3. The summed E-state index contributed by atoms with van der Waals surface area (Å²) in [5, 5.41) is 13.5. The van der Waals surface area contributed by atoms with Crippen LogP contribution in [-0.2, 0) is 14.8 Å². The molecule has 0 radical (unpaired) electrons. The first-order chi connectivity index (χ1) is 14.4. The summed E-state index contributed by atoms with van der Waals surface area (Å²) in [5.41, 5.74) is 2.45. The molecule has 3 N–H and O–H groups in total. The molecule has 0 amide bonds. The van der Waals surface area contributed by atoms with Gasteiger partial charge in [0.25, 0.3) is 0 Å². The zero-order chi connectivity index (χ0) is 21.3. The molecule has 0 unspecified atom stereocenters. The van der Waals surface area contributed by atoms with Crippen molar-refractivity contribution in [1.82, 2.24) is 24.4 Å². The second kappa shape index (κ2) is 8.50. The number of piperidine rings is 1. The lowest BCUT2D eigenvalue weighted by Gasteiger charge is -2.35. The van der Waals surface area contributed by atoms with E-state index in [-0.39, 0.29) is 18.3 Å². The maximum Gasteiger partial charge on any atom is 0.213 e. The summed E-state index contributed by atoms with van der Waals surface area (Å²) in [6.07, 6.45) is 4.52. The van der Waals surface area contributed by atoms with Crippen molar-refractivity contribution in [3.05, 3.63) is 24.3 Å². The number of aliphatic hydroxyl groups is 1. The number of aromatic amines is 1. The zero-order valence-electron chi connectivity index (χ0n) is 17.2. The van der Waals surface area contributed by atoms with Gasteiger partial charge >= 0.3 is 0 Å². The van der Waals surface area contributed by atoms with E-state index in [4.69, 9.17) is 4.74 Å². The number of pyridine rings is 1. The number of hydrogen-bond acceptors (Lipinski definition) is 7. The molecule has 0 spiro atoms. The number of aliphatic hydroxyl groups excluding tert-OH is 1. The lowest BCUT2D eigenvalue weighted by molar-refractivity contribution is 0.182. The fourth-order valence-electron chi connectivity index (χ4n) is 3.96. The van der Waals surface area contributed by atoms with Crippen LogP contribution in [0.2, 0.25) is 0 Å². The van der Waals surface area contributed by atoms with Gasteiger partial charge in [-0.25, -0.2) is 27.8 Å². The molecule has 3 aromatic heterocycles. The topological polar surface area (TPSA) is 125 Å². The number of nitrogens with one attached hydrogen (secondary N) is 2. The molecule has 1 saturated heterocycles. The van der Waals surface area contributed by atoms with Gasteiger partial charge in [-0.15, -0.1) is 0 Å². The van der Waals surface area contributed by atoms with E-state index in [2.05, 4.69) is 24.7 Å². The van der Waals surface area contributed by atoms with Gasteiger partial charge in [0.2, 0.25) is 10.0 Å². The van der Waals surface area contributed by atoms with Crippen molar-refractivity contribution in [3.63, 3.8) is 0 Å². The quantitative estimate of drug-likeness (QED) is 0.479. The van der Waals surface area contributed by atoms with Crippen LogP contribution in [0.25, 0.3) is 22.1 Å². The van der Waals surface area contributed by atoms with Crippen molar-refractivity contribution >= 4 is 32.1 Å². The van der Waals surface area contributed by atoms with E-state index in [9.17, 15) is 13.5 Å². The Labute approximate surface area is 175 Å². The largest absolute Gasteiger partial charge is 0.385 e. The van der Waals surface area contributed by atoms with Gasteiger partial charge in [-0.3, -0.25) is 0 Å². The van der Waals surface area contributed by atoms with Crippen LogP contribution >= 0.6 is 0 Å². The van der Waals surface area contributed by atoms with Crippen molar-refractivity contribution in [2.24, 2.45) is 5.92 Å². The summed E-state index contributed by atoms with van der Waals surface area (Å²) < 4.78 is 33.6. The Bertz CT molecular complexity index is 1110. The predicted octanol–water partition coefficient (Wildman–Crippen LogP) is 0.880. The molecule has 30 heavy (non-hydrogen) atoms. The fraction of sp³-hybridized carbons (Fsp3) is 0.579. The molecule has 0 aromatic carbocycles.